The molecule has 1 aromatic carbocycles. The molecule has 0 bridgehead atoms. The molecule has 0 N–H and O–H groups in total. The highest BCUT2D eigenvalue weighted by Gasteiger charge is 2.08. The van der Waals surface area contributed by atoms with Crippen molar-refractivity contribution >= 4 is 17.5 Å². The average molecular weight is 271 g/mol. The van der Waals surface area contributed by atoms with Crippen molar-refractivity contribution in [3.8, 4) is 0 Å². The minimum atomic E-state index is 0.0658. The molecule has 2 rings (SSSR count). The van der Waals surface area contributed by atoms with E-state index < -0.39 is 0 Å². The van der Waals surface area contributed by atoms with Gasteiger partial charge in [0.05, 0.1) is 0 Å². The zero-order valence-electron chi connectivity index (χ0n) is 11.4. The Morgan fingerprint density at radius 2 is 1.89 bits per heavy atom. The molecule has 0 atom stereocenters. The van der Waals surface area contributed by atoms with Crippen LogP contribution in [0.2, 0.25) is 0 Å². The molecule has 1 aromatic heterocycles. The molecule has 0 saturated carbocycles. The topological polar surface area (TPSA) is 30.0 Å². The van der Waals surface area contributed by atoms with Crippen LogP contribution in [0.3, 0.4) is 0 Å². The number of benzene rings is 1. The molecule has 0 fully saturated rings. The van der Waals surface area contributed by atoms with Crippen molar-refractivity contribution < 1.29 is 4.79 Å². The second kappa shape index (κ2) is 6.02. The number of Topliss-reactive ketones (excluding diaryl/α,β-unsaturated/α-hetero) is 1. The van der Waals surface area contributed by atoms with E-state index in [4.69, 9.17) is 0 Å². The fourth-order valence-electron chi connectivity index (χ4n) is 2.08. The van der Waals surface area contributed by atoms with Crippen molar-refractivity contribution in [3.05, 3.63) is 58.8 Å². The molecular weight excluding hydrogens is 254 g/mol. The molecule has 1 heterocycles. The van der Waals surface area contributed by atoms with Crippen LogP contribution in [0.25, 0.3) is 0 Å². The Bertz CT molecular complexity index is 587. The Morgan fingerprint density at radius 3 is 2.53 bits per heavy atom. The van der Waals surface area contributed by atoms with Gasteiger partial charge >= 0.3 is 0 Å². The number of pyridine rings is 1. The predicted octanol–water partition coefficient (Wildman–Crippen LogP) is 4.19. The van der Waals surface area contributed by atoms with Gasteiger partial charge in [-0.15, -0.1) is 11.8 Å². The molecule has 0 aliphatic heterocycles. The number of thioether (sulfide) groups is 1. The van der Waals surface area contributed by atoms with Gasteiger partial charge in [-0.2, -0.15) is 0 Å². The summed E-state index contributed by atoms with van der Waals surface area (Å²) in [5, 5.41) is 0.814. The van der Waals surface area contributed by atoms with E-state index in [9.17, 15) is 4.79 Å². The normalized spacial score (nSPS) is 10.5. The van der Waals surface area contributed by atoms with Crippen LogP contribution in [0.15, 0.2) is 41.6 Å². The zero-order valence-corrected chi connectivity index (χ0v) is 12.3. The van der Waals surface area contributed by atoms with E-state index in [0.717, 1.165) is 10.8 Å². The van der Waals surface area contributed by atoms with Gasteiger partial charge < -0.3 is 0 Å². The second-order valence-corrected chi connectivity index (χ2v) is 5.66. The fraction of sp³-hybridized carbons (Fsp3) is 0.250. The fourth-order valence-corrected chi connectivity index (χ4v) is 3.05. The molecule has 3 heteroatoms. The number of rotatable bonds is 4. The van der Waals surface area contributed by atoms with Crippen LogP contribution in [-0.4, -0.2) is 10.8 Å². The molecule has 2 nitrogen and oxygen atoms in total. The van der Waals surface area contributed by atoms with E-state index in [1.807, 2.05) is 6.07 Å². The van der Waals surface area contributed by atoms with Crippen LogP contribution in [0.1, 0.15) is 34.0 Å². The Balaban J connectivity index is 2.16. The van der Waals surface area contributed by atoms with Crippen molar-refractivity contribution in [1.29, 1.82) is 0 Å². The molecule has 98 valence electrons. The molecule has 0 spiro atoms. The lowest BCUT2D eigenvalue weighted by Crippen LogP contribution is -1.97. The van der Waals surface area contributed by atoms with Crippen molar-refractivity contribution in [3.63, 3.8) is 0 Å². The van der Waals surface area contributed by atoms with Gasteiger partial charge in [0.2, 0.25) is 0 Å². The highest BCUT2D eigenvalue weighted by atomic mass is 32.2. The lowest BCUT2D eigenvalue weighted by molar-refractivity contribution is 0.101. The molecule has 0 aliphatic carbocycles. The largest absolute Gasteiger partial charge is 0.294 e. The lowest BCUT2D eigenvalue weighted by Gasteiger charge is -2.07. The monoisotopic (exact) mass is 271 g/mol. The summed E-state index contributed by atoms with van der Waals surface area (Å²) in [4.78, 5) is 15.8. The minimum absolute atomic E-state index is 0.0658. The van der Waals surface area contributed by atoms with E-state index in [0.29, 0.717) is 5.56 Å². The van der Waals surface area contributed by atoms with Gasteiger partial charge in [-0.05, 0) is 38.5 Å². The van der Waals surface area contributed by atoms with Crippen molar-refractivity contribution in [1.82, 2.24) is 4.98 Å². The molecule has 0 aliphatic rings. The SMILES string of the molecule is CC(=O)c1cccnc1SCc1cc(C)cc(C)c1. The summed E-state index contributed by atoms with van der Waals surface area (Å²) >= 11 is 1.61. The van der Waals surface area contributed by atoms with Gasteiger partial charge in [-0.1, -0.05) is 29.3 Å². The van der Waals surface area contributed by atoms with Crippen LogP contribution in [0, 0.1) is 13.8 Å². The smallest absolute Gasteiger partial charge is 0.162 e. The van der Waals surface area contributed by atoms with Crippen LogP contribution >= 0.6 is 11.8 Å². The van der Waals surface area contributed by atoms with E-state index in [-0.39, 0.29) is 5.78 Å². The predicted molar refractivity (Wildman–Crippen MR) is 79.7 cm³/mol. The standard InChI is InChI=1S/C16H17NOS/c1-11-7-12(2)9-14(8-11)10-19-16-15(13(3)18)5-4-6-17-16/h4-9H,10H2,1-3H3. The molecule has 0 amide bonds. The first-order chi connectivity index (χ1) is 9.06. The van der Waals surface area contributed by atoms with E-state index in [1.54, 1.807) is 30.9 Å². The maximum Gasteiger partial charge on any atom is 0.162 e. The number of nitrogens with zero attached hydrogens (tertiary/aromatic N) is 1. The van der Waals surface area contributed by atoms with Crippen molar-refractivity contribution in [2.24, 2.45) is 0 Å². The Labute approximate surface area is 118 Å². The van der Waals surface area contributed by atoms with Gasteiger partial charge in [0.25, 0.3) is 0 Å². The molecule has 0 unspecified atom stereocenters. The summed E-state index contributed by atoms with van der Waals surface area (Å²) in [6, 6.07) is 10.2. The summed E-state index contributed by atoms with van der Waals surface area (Å²) in [7, 11) is 0. The number of ketones is 1. The van der Waals surface area contributed by atoms with Gasteiger partial charge in [0.1, 0.15) is 5.03 Å². The van der Waals surface area contributed by atoms with E-state index in [1.165, 1.54) is 16.7 Å². The summed E-state index contributed by atoms with van der Waals surface area (Å²) in [5.41, 5.74) is 4.51. The van der Waals surface area contributed by atoms with Crippen molar-refractivity contribution in [2.75, 3.05) is 0 Å². The Kier molecular flexibility index (Phi) is 4.38. The Morgan fingerprint density at radius 1 is 1.21 bits per heavy atom. The molecule has 19 heavy (non-hydrogen) atoms. The van der Waals surface area contributed by atoms with Crippen LogP contribution in [0.4, 0.5) is 0 Å². The van der Waals surface area contributed by atoms with Gasteiger partial charge in [-0.25, -0.2) is 4.98 Å². The summed E-state index contributed by atoms with van der Waals surface area (Å²) in [6.07, 6.45) is 1.73. The van der Waals surface area contributed by atoms with Gasteiger partial charge in [0.15, 0.2) is 5.78 Å². The van der Waals surface area contributed by atoms with E-state index in [2.05, 4.69) is 37.0 Å². The maximum atomic E-state index is 11.5. The summed E-state index contributed by atoms with van der Waals surface area (Å²) in [5.74, 6) is 0.899. The van der Waals surface area contributed by atoms with Crippen molar-refractivity contribution in [2.45, 2.75) is 31.6 Å². The summed E-state index contributed by atoms with van der Waals surface area (Å²) < 4.78 is 0. The first-order valence-electron chi connectivity index (χ1n) is 6.22. The van der Waals surface area contributed by atoms with Crippen LogP contribution in [0.5, 0.6) is 0 Å². The highest BCUT2D eigenvalue weighted by molar-refractivity contribution is 7.98. The van der Waals surface area contributed by atoms with Gasteiger partial charge in [-0.3, -0.25) is 4.79 Å². The Hall–Kier alpha value is -1.61. The van der Waals surface area contributed by atoms with Crippen LogP contribution in [-0.2, 0) is 5.75 Å². The molecular formula is C16H17NOS. The highest BCUT2D eigenvalue weighted by Crippen LogP contribution is 2.25. The number of hydrogen-bond acceptors (Lipinski definition) is 3. The molecule has 2 aromatic rings. The number of hydrogen-bond donors (Lipinski definition) is 0. The van der Waals surface area contributed by atoms with Gasteiger partial charge in [0, 0.05) is 17.5 Å². The third-order valence-corrected chi connectivity index (χ3v) is 3.88. The first kappa shape index (κ1) is 13.8. The zero-order chi connectivity index (χ0) is 13.8. The van der Waals surface area contributed by atoms with E-state index >= 15 is 0 Å². The maximum absolute atomic E-state index is 11.5. The average Bonchev–Trinajstić information content (AvgIpc) is 2.35. The van der Waals surface area contributed by atoms with Crippen LogP contribution < -0.4 is 0 Å². The third kappa shape index (κ3) is 3.67. The number of aryl methyl sites for hydroxylation is 2. The third-order valence-electron chi connectivity index (χ3n) is 2.81. The number of carbonyl (C=O) groups is 1. The lowest BCUT2D eigenvalue weighted by atomic mass is 10.1. The number of aromatic nitrogens is 1. The number of carbonyl (C=O) groups excluding carboxylic acids is 1. The first-order valence-corrected chi connectivity index (χ1v) is 7.21. The molecule has 0 saturated heterocycles. The summed E-state index contributed by atoms with van der Waals surface area (Å²) in [6.45, 7) is 5.78. The quantitative estimate of drug-likeness (QED) is 0.617. The molecule has 0 radical (unpaired) electrons. The minimum Gasteiger partial charge on any atom is -0.294 e. The second-order valence-electron chi connectivity index (χ2n) is 4.70.